The fraction of sp³-hybridized carbons (Fsp3) is 0.400. The van der Waals surface area contributed by atoms with Crippen molar-refractivity contribution >= 4 is 4.61 Å². The van der Waals surface area contributed by atoms with E-state index in [0.29, 0.717) is 0 Å². The van der Waals surface area contributed by atoms with E-state index < -0.39 is 0 Å². The molecule has 0 spiro atoms. The average molecular weight is 219 g/mol. The number of rotatable bonds is 2. The molecule has 0 atom stereocenters. The van der Waals surface area contributed by atoms with Crippen LogP contribution in [0.15, 0.2) is 18.3 Å². The molecule has 0 N–H and O–H groups in total. The normalized spacial score (nSPS) is 16.8. The van der Waals surface area contributed by atoms with E-state index in [1.165, 1.54) is 12.0 Å². The Kier molecular flexibility index (Phi) is 2.57. The molecular weight excluding hydrogens is 207 g/mol. The molecule has 0 amide bonds. The van der Waals surface area contributed by atoms with Gasteiger partial charge in [0.2, 0.25) is 0 Å². The first-order valence-electron chi connectivity index (χ1n) is 4.45. The van der Waals surface area contributed by atoms with Crippen LogP contribution in [-0.2, 0) is 15.0 Å². The van der Waals surface area contributed by atoms with E-state index in [-0.39, 0.29) is 0 Å². The van der Waals surface area contributed by atoms with Crippen LogP contribution >= 0.6 is 0 Å². The van der Waals surface area contributed by atoms with Crippen LogP contribution in [0.4, 0.5) is 0 Å². The van der Waals surface area contributed by atoms with Crippen molar-refractivity contribution < 1.29 is 15.0 Å². The van der Waals surface area contributed by atoms with Crippen molar-refractivity contribution in [2.24, 2.45) is 0 Å². The summed E-state index contributed by atoms with van der Waals surface area (Å²) in [6.07, 6.45) is 3.09. The molecule has 1 saturated heterocycles. The Labute approximate surface area is 85.9 Å². The molecule has 1 aliphatic rings. The van der Waals surface area contributed by atoms with Crippen LogP contribution in [0.3, 0.4) is 0 Å². The second-order valence-electron chi connectivity index (χ2n) is 3.32. The van der Waals surface area contributed by atoms with Crippen molar-refractivity contribution in [3.8, 4) is 0 Å². The maximum atomic E-state index is 5.00. The van der Waals surface area contributed by atoms with E-state index in [1.54, 1.807) is 0 Å². The first-order valence-corrected chi connectivity index (χ1v) is 4.94. The predicted molar refractivity (Wildman–Crippen MR) is 49.3 cm³/mol. The molecular formula is C10H12N2Ni. The molecule has 0 saturated carbocycles. The minimum absolute atomic E-state index is 0.940. The summed E-state index contributed by atoms with van der Waals surface area (Å²) in [6, 6.07) is 4.05. The van der Waals surface area contributed by atoms with Crippen LogP contribution in [0.25, 0.3) is 0 Å². The molecule has 0 unspecified atom stereocenters. The number of nitrogens with zero attached hydrogens (tertiary/aromatic N) is 2. The molecule has 13 heavy (non-hydrogen) atoms. The number of pyridine rings is 1. The predicted octanol–water partition coefficient (Wildman–Crippen LogP) is 1.12. The molecule has 1 aromatic heterocycles. The van der Waals surface area contributed by atoms with Gasteiger partial charge in [-0.05, 0) is 0 Å². The molecule has 1 fully saturated rings. The third kappa shape index (κ3) is 1.87. The Bertz CT molecular complexity index is 331. The molecule has 2 heterocycles. The Morgan fingerprint density at radius 3 is 2.85 bits per heavy atom. The summed E-state index contributed by atoms with van der Waals surface area (Å²) in [5, 5.41) is 0. The van der Waals surface area contributed by atoms with Crippen molar-refractivity contribution in [2.75, 3.05) is 13.1 Å². The van der Waals surface area contributed by atoms with Gasteiger partial charge in [0.1, 0.15) is 0 Å². The average Bonchev–Trinajstić information content (AvgIpc) is 2.01. The maximum absolute atomic E-state index is 5.00. The van der Waals surface area contributed by atoms with Gasteiger partial charge in [-0.2, -0.15) is 0 Å². The van der Waals surface area contributed by atoms with Crippen molar-refractivity contribution in [3.63, 3.8) is 0 Å². The van der Waals surface area contributed by atoms with Gasteiger partial charge in [-0.15, -0.1) is 0 Å². The molecule has 1 aromatic rings. The van der Waals surface area contributed by atoms with Crippen molar-refractivity contribution in [1.29, 1.82) is 0 Å². The van der Waals surface area contributed by atoms with Gasteiger partial charge >= 0.3 is 85.6 Å². The molecule has 2 rings (SSSR count). The van der Waals surface area contributed by atoms with Gasteiger partial charge in [0, 0.05) is 0 Å². The SMILES string of the molecule is Cc1ccnc([C](=[Ni])N2CCC2)c1. The van der Waals surface area contributed by atoms with Crippen LogP contribution in [-0.4, -0.2) is 27.6 Å². The van der Waals surface area contributed by atoms with Crippen molar-refractivity contribution in [1.82, 2.24) is 9.88 Å². The molecule has 0 radical (unpaired) electrons. The number of aryl methyl sites for hydroxylation is 1. The quantitative estimate of drug-likeness (QED) is 0.692. The van der Waals surface area contributed by atoms with Crippen molar-refractivity contribution in [2.45, 2.75) is 13.3 Å². The van der Waals surface area contributed by atoms with Crippen molar-refractivity contribution in [3.05, 3.63) is 29.6 Å². The minimum atomic E-state index is 0.940. The summed E-state index contributed by atoms with van der Waals surface area (Å²) in [5.74, 6) is 0. The first-order chi connectivity index (χ1) is 6.27. The molecule has 0 aliphatic carbocycles. The summed E-state index contributed by atoms with van der Waals surface area (Å²) in [4.78, 5) is 6.48. The number of likely N-dealkylation sites (tertiary alicyclic amines) is 1. The fourth-order valence-corrected chi connectivity index (χ4v) is 1.66. The third-order valence-corrected chi connectivity index (χ3v) is 2.79. The summed E-state index contributed by atoms with van der Waals surface area (Å²) in [7, 11) is 0. The zero-order chi connectivity index (χ0) is 9.26. The van der Waals surface area contributed by atoms with Crippen LogP contribution in [0.5, 0.6) is 0 Å². The monoisotopic (exact) mass is 218 g/mol. The molecule has 72 valence electrons. The van der Waals surface area contributed by atoms with E-state index in [1.807, 2.05) is 12.3 Å². The zero-order valence-electron chi connectivity index (χ0n) is 7.56. The number of hydrogen-bond donors (Lipinski definition) is 0. The van der Waals surface area contributed by atoms with Gasteiger partial charge in [0.05, 0.1) is 0 Å². The van der Waals surface area contributed by atoms with Gasteiger partial charge in [-0.1, -0.05) is 0 Å². The Balaban J connectivity index is 2.19. The third-order valence-electron chi connectivity index (χ3n) is 2.23. The zero-order valence-corrected chi connectivity index (χ0v) is 8.55. The first kappa shape index (κ1) is 9.05. The van der Waals surface area contributed by atoms with Gasteiger partial charge in [0.25, 0.3) is 0 Å². The number of hydrogen-bond acceptors (Lipinski definition) is 2. The van der Waals surface area contributed by atoms with E-state index in [0.717, 1.165) is 23.4 Å². The van der Waals surface area contributed by atoms with Gasteiger partial charge in [-0.25, -0.2) is 0 Å². The summed E-state index contributed by atoms with van der Waals surface area (Å²) >= 11 is 5.00. The van der Waals surface area contributed by atoms with Gasteiger partial charge in [-0.3, -0.25) is 0 Å². The fourth-order valence-electron chi connectivity index (χ4n) is 1.30. The van der Waals surface area contributed by atoms with Crippen LogP contribution < -0.4 is 0 Å². The Morgan fingerprint density at radius 2 is 2.31 bits per heavy atom. The topological polar surface area (TPSA) is 16.1 Å². The molecule has 1 aliphatic heterocycles. The van der Waals surface area contributed by atoms with Crippen LogP contribution in [0, 0.1) is 6.92 Å². The Hall–Kier alpha value is -0.526. The Morgan fingerprint density at radius 1 is 1.54 bits per heavy atom. The molecule has 3 heteroatoms. The second kappa shape index (κ2) is 3.69. The van der Waals surface area contributed by atoms with Crippen LogP contribution in [0.2, 0.25) is 0 Å². The molecule has 0 bridgehead atoms. The standard InChI is InChI=1S/C10H12N2.Ni/c1-9-3-4-11-10(7-9)8-12-5-2-6-12;/h3-4,7H,2,5-6H2,1H3;. The van der Waals surface area contributed by atoms with E-state index in [2.05, 4.69) is 22.9 Å². The molecule has 0 aromatic carbocycles. The summed E-state index contributed by atoms with van der Waals surface area (Å²) in [5.41, 5.74) is 2.18. The van der Waals surface area contributed by atoms with Gasteiger partial charge < -0.3 is 0 Å². The van der Waals surface area contributed by atoms with Gasteiger partial charge in [0.15, 0.2) is 0 Å². The molecule has 2 nitrogen and oxygen atoms in total. The number of aromatic nitrogens is 1. The summed E-state index contributed by atoms with van der Waals surface area (Å²) < 4.78 is 0.940. The summed E-state index contributed by atoms with van der Waals surface area (Å²) in [6.45, 7) is 4.27. The van der Waals surface area contributed by atoms with E-state index in [4.69, 9.17) is 15.0 Å². The van der Waals surface area contributed by atoms with E-state index >= 15 is 0 Å². The van der Waals surface area contributed by atoms with Crippen LogP contribution in [0.1, 0.15) is 17.7 Å². The second-order valence-corrected chi connectivity index (χ2v) is 3.79. The van der Waals surface area contributed by atoms with E-state index in [9.17, 15) is 0 Å².